The lowest BCUT2D eigenvalue weighted by Crippen LogP contribution is -2.37. The largest absolute Gasteiger partial charge is 0.430 e. The lowest BCUT2D eigenvalue weighted by Gasteiger charge is -2.17. The van der Waals surface area contributed by atoms with Gasteiger partial charge in [-0.05, 0) is 28.9 Å². The summed E-state index contributed by atoms with van der Waals surface area (Å²) in [6.07, 6.45) is 3.28. The van der Waals surface area contributed by atoms with Crippen molar-refractivity contribution in [3.8, 4) is 0 Å². The van der Waals surface area contributed by atoms with Gasteiger partial charge in [-0.15, -0.1) is 11.3 Å². The summed E-state index contributed by atoms with van der Waals surface area (Å²) in [7, 11) is 0. The van der Waals surface area contributed by atoms with E-state index in [9.17, 15) is 10.1 Å². The van der Waals surface area contributed by atoms with E-state index in [1.54, 1.807) is 6.20 Å². The standard InChI is InChI=1S/C18H21ClN6O2S/c1-3-12-6-5-7-13(4-2)15(12)22-23-17(25(26)27)16-20-8-9-24(16)11-14-10-21-18(19)28-14/h5-7,10,22H,3-4,8-9,11H2,1-2H3. The van der Waals surface area contributed by atoms with Gasteiger partial charge < -0.3 is 15.0 Å². The van der Waals surface area contributed by atoms with Crippen LogP contribution in [0.4, 0.5) is 5.69 Å². The summed E-state index contributed by atoms with van der Waals surface area (Å²) in [5.41, 5.74) is 5.89. The molecule has 1 aromatic carbocycles. The third-order valence-electron chi connectivity index (χ3n) is 4.45. The van der Waals surface area contributed by atoms with Crippen molar-refractivity contribution in [3.05, 3.63) is 55.0 Å². The predicted molar refractivity (Wildman–Crippen MR) is 113 cm³/mol. The minimum absolute atomic E-state index is 0.272. The maximum atomic E-state index is 11.7. The first-order chi connectivity index (χ1) is 13.5. The van der Waals surface area contributed by atoms with Crippen LogP contribution in [0.25, 0.3) is 0 Å². The van der Waals surface area contributed by atoms with E-state index in [1.807, 2.05) is 36.9 Å². The van der Waals surface area contributed by atoms with E-state index in [2.05, 4.69) is 20.5 Å². The van der Waals surface area contributed by atoms with Gasteiger partial charge in [0, 0.05) is 17.6 Å². The van der Waals surface area contributed by atoms with Crippen molar-refractivity contribution >= 4 is 40.3 Å². The van der Waals surface area contributed by atoms with Gasteiger partial charge in [0.1, 0.15) is 0 Å². The number of anilines is 1. The molecule has 8 nitrogen and oxygen atoms in total. The normalized spacial score (nSPS) is 14.3. The van der Waals surface area contributed by atoms with E-state index in [4.69, 9.17) is 11.6 Å². The average molecular weight is 421 g/mol. The summed E-state index contributed by atoms with van der Waals surface area (Å²) < 4.78 is 0.445. The Morgan fingerprint density at radius 1 is 1.39 bits per heavy atom. The van der Waals surface area contributed by atoms with Crippen molar-refractivity contribution in [3.63, 3.8) is 0 Å². The van der Waals surface area contributed by atoms with Crippen LogP contribution in [-0.4, -0.2) is 39.6 Å². The first-order valence-corrected chi connectivity index (χ1v) is 10.2. The van der Waals surface area contributed by atoms with Gasteiger partial charge in [0.25, 0.3) is 0 Å². The second-order valence-electron chi connectivity index (χ2n) is 6.17. The monoisotopic (exact) mass is 420 g/mol. The van der Waals surface area contributed by atoms with Gasteiger partial charge in [-0.3, -0.25) is 4.99 Å². The summed E-state index contributed by atoms with van der Waals surface area (Å²) in [5.74, 6) is -0.0184. The molecule has 2 aromatic rings. The van der Waals surface area contributed by atoms with Gasteiger partial charge in [-0.2, -0.15) is 5.43 Å². The minimum atomic E-state index is -0.496. The van der Waals surface area contributed by atoms with Crippen LogP contribution in [0.5, 0.6) is 0 Å². The number of nitrogens with one attached hydrogen (secondary N) is 1. The van der Waals surface area contributed by atoms with E-state index in [0.29, 0.717) is 24.1 Å². The average Bonchev–Trinajstić information content (AvgIpc) is 3.31. The molecule has 0 unspecified atom stereocenters. The van der Waals surface area contributed by atoms with Gasteiger partial charge in [0.15, 0.2) is 4.47 Å². The highest BCUT2D eigenvalue weighted by atomic mass is 35.5. The number of halogens is 1. The number of aryl methyl sites for hydroxylation is 2. The van der Waals surface area contributed by atoms with Gasteiger partial charge in [0.2, 0.25) is 5.84 Å². The highest BCUT2D eigenvalue weighted by Gasteiger charge is 2.31. The fourth-order valence-corrected chi connectivity index (χ4v) is 4.05. The summed E-state index contributed by atoms with van der Waals surface area (Å²) in [4.78, 5) is 22.3. The lowest BCUT2D eigenvalue weighted by molar-refractivity contribution is -0.346. The highest BCUT2D eigenvalue weighted by molar-refractivity contribution is 7.15. The summed E-state index contributed by atoms with van der Waals surface area (Å²) in [5, 5.41) is 15.9. The smallest absolute Gasteiger partial charge is 0.358 e. The zero-order chi connectivity index (χ0) is 20.1. The Bertz CT molecular complexity index is 904. The second-order valence-corrected chi connectivity index (χ2v) is 7.87. The Hall–Kier alpha value is -2.52. The number of hydrogen-bond acceptors (Lipinski definition) is 8. The van der Waals surface area contributed by atoms with Crippen molar-refractivity contribution in [1.29, 1.82) is 0 Å². The number of thiazole rings is 1. The van der Waals surface area contributed by atoms with E-state index < -0.39 is 4.92 Å². The molecule has 0 saturated carbocycles. The zero-order valence-corrected chi connectivity index (χ0v) is 17.3. The minimum Gasteiger partial charge on any atom is -0.358 e. The Morgan fingerprint density at radius 2 is 2.11 bits per heavy atom. The maximum Gasteiger partial charge on any atom is 0.430 e. The van der Waals surface area contributed by atoms with Crippen molar-refractivity contribution in [2.24, 2.45) is 10.1 Å². The Kier molecular flexibility index (Phi) is 6.58. The van der Waals surface area contributed by atoms with Crippen LogP contribution >= 0.6 is 22.9 Å². The number of aromatic nitrogens is 1. The number of para-hydroxylation sites is 1. The van der Waals surface area contributed by atoms with E-state index in [0.717, 1.165) is 34.5 Å². The molecule has 1 aliphatic heterocycles. The third-order valence-corrected chi connectivity index (χ3v) is 5.55. The highest BCUT2D eigenvalue weighted by Crippen LogP contribution is 2.23. The molecular formula is C18H21ClN6O2S. The molecule has 1 aromatic heterocycles. The molecule has 0 radical (unpaired) electrons. The Labute approximate surface area is 172 Å². The van der Waals surface area contributed by atoms with E-state index in [-0.39, 0.29) is 11.7 Å². The molecule has 3 rings (SSSR count). The molecule has 28 heavy (non-hydrogen) atoms. The van der Waals surface area contributed by atoms with Crippen molar-refractivity contribution in [1.82, 2.24) is 9.88 Å². The summed E-state index contributed by atoms with van der Waals surface area (Å²) in [6.45, 7) is 5.62. The third kappa shape index (κ3) is 4.48. The Morgan fingerprint density at radius 3 is 2.68 bits per heavy atom. The first kappa shape index (κ1) is 20.2. The molecule has 0 saturated heterocycles. The molecule has 1 N–H and O–H groups in total. The van der Waals surface area contributed by atoms with Crippen LogP contribution in [0, 0.1) is 10.1 Å². The molecule has 0 atom stereocenters. The molecule has 2 heterocycles. The van der Waals surface area contributed by atoms with Gasteiger partial charge in [-0.1, -0.05) is 43.6 Å². The number of hydrogen-bond donors (Lipinski definition) is 1. The molecule has 0 spiro atoms. The first-order valence-electron chi connectivity index (χ1n) is 9.02. The molecule has 1 aliphatic rings. The van der Waals surface area contributed by atoms with Crippen molar-refractivity contribution in [2.45, 2.75) is 33.2 Å². The Balaban J connectivity index is 1.86. The molecule has 0 aliphatic carbocycles. The van der Waals surface area contributed by atoms with Crippen molar-refractivity contribution < 1.29 is 4.92 Å². The van der Waals surface area contributed by atoms with E-state index in [1.165, 1.54) is 11.3 Å². The van der Waals surface area contributed by atoms with Crippen LogP contribution < -0.4 is 5.43 Å². The van der Waals surface area contributed by atoms with Crippen LogP contribution in [0.3, 0.4) is 0 Å². The second kappa shape index (κ2) is 9.11. The molecule has 0 bridgehead atoms. The van der Waals surface area contributed by atoms with E-state index >= 15 is 0 Å². The van der Waals surface area contributed by atoms with Gasteiger partial charge in [-0.25, -0.2) is 4.98 Å². The fourth-order valence-electron chi connectivity index (χ4n) is 3.06. The lowest BCUT2D eigenvalue weighted by atomic mass is 10.0. The number of rotatable bonds is 7. The maximum absolute atomic E-state index is 11.7. The number of aliphatic imine (C=N–C) groups is 1. The number of benzene rings is 1. The quantitative estimate of drug-likeness (QED) is 0.317. The van der Waals surface area contributed by atoms with Crippen LogP contribution in [0.15, 0.2) is 34.5 Å². The molecular weight excluding hydrogens is 400 g/mol. The number of amidine groups is 2. The van der Waals surface area contributed by atoms with Crippen LogP contribution in [0.2, 0.25) is 4.47 Å². The number of nitro groups is 1. The van der Waals surface area contributed by atoms with Crippen LogP contribution in [0.1, 0.15) is 29.9 Å². The summed E-state index contributed by atoms with van der Waals surface area (Å²) in [6, 6.07) is 5.98. The molecule has 148 valence electrons. The molecule has 0 amide bonds. The topological polar surface area (TPSA) is 96.0 Å². The number of hydrazone groups is 1. The SMILES string of the molecule is CCc1cccc(CC)c1NN=C(C1=NCCN1Cc1cnc(Cl)s1)[N+](=O)[O-]. The van der Waals surface area contributed by atoms with Gasteiger partial charge >= 0.3 is 5.84 Å². The molecule has 10 heteroatoms. The van der Waals surface area contributed by atoms with Crippen molar-refractivity contribution in [2.75, 3.05) is 18.5 Å². The summed E-state index contributed by atoms with van der Waals surface area (Å²) >= 11 is 7.24. The van der Waals surface area contributed by atoms with Gasteiger partial charge in [0.05, 0.1) is 23.9 Å². The zero-order valence-electron chi connectivity index (χ0n) is 15.7. The molecule has 0 fully saturated rings. The number of nitrogens with zero attached hydrogens (tertiary/aromatic N) is 5. The van der Waals surface area contributed by atoms with Crippen LogP contribution in [-0.2, 0) is 19.4 Å². The predicted octanol–water partition coefficient (Wildman–Crippen LogP) is 3.84. The fraction of sp³-hybridized carbons (Fsp3) is 0.389.